The van der Waals surface area contributed by atoms with Gasteiger partial charge in [0.1, 0.15) is 0 Å². The van der Waals surface area contributed by atoms with Gasteiger partial charge in [0.25, 0.3) is 0 Å². The lowest BCUT2D eigenvalue weighted by Gasteiger charge is -2.06. The number of nitro groups is 4. The van der Waals surface area contributed by atoms with Crippen LogP contribution in [0.5, 0.6) is 0 Å². The zero-order valence-corrected chi connectivity index (χ0v) is 9.03. The highest BCUT2D eigenvalue weighted by Crippen LogP contribution is 2.32. The predicted molar refractivity (Wildman–Crippen MR) is 52.5 cm³/mol. The van der Waals surface area contributed by atoms with Gasteiger partial charge >= 0.3 is 17.3 Å². The van der Waals surface area contributed by atoms with Crippen LogP contribution >= 0.6 is 0 Å². The number of imidazole rings is 1. The lowest BCUT2D eigenvalue weighted by atomic mass is 10.2. The van der Waals surface area contributed by atoms with Crippen LogP contribution in [0.2, 0.25) is 0 Å². The normalized spacial score (nSPS) is 11.0. The molecule has 0 saturated heterocycles. The van der Waals surface area contributed by atoms with E-state index in [1.54, 1.807) is 0 Å². The molecule has 0 aromatic carbocycles. The Bertz CT molecular complexity index is 554. The van der Waals surface area contributed by atoms with Crippen molar-refractivity contribution >= 4 is 5.82 Å². The molecule has 0 aliphatic rings. The molecule has 0 radical (unpaired) electrons. The van der Waals surface area contributed by atoms with Crippen molar-refractivity contribution in [3.05, 3.63) is 52.5 Å². The molecule has 0 bridgehead atoms. The van der Waals surface area contributed by atoms with Crippen molar-refractivity contribution in [2.45, 2.75) is 5.79 Å². The molecule has 0 N–H and O–H groups in total. The van der Waals surface area contributed by atoms with Crippen LogP contribution in [0.3, 0.4) is 0 Å². The summed E-state index contributed by atoms with van der Waals surface area (Å²) in [4.78, 5) is 39.2. The standard InChI is InChI=1S/C5H4N6O8/c1-7-2-6-3(4(7)8(12)13)5(9(14)15,10(16)17)11(18)19/h2H,1H3. The van der Waals surface area contributed by atoms with E-state index in [0.717, 1.165) is 7.05 Å². The van der Waals surface area contributed by atoms with E-state index < -0.39 is 37.0 Å². The molecule has 0 amide bonds. The zero-order chi connectivity index (χ0) is 15.0. The first-order chi connectivity index (χ1) is 8.67. The lowest BCUT2D eigenvalue weighted by molar-refractivity contribution is -0.986. The first-order valence-corrected chi connectivity index (χ1v) is 4.27. The Morgan fingerprint density at radius 1 is 1.05 bits per heavy atom. The summed E-state index contributed by atoms with van der Waals surface area (Å²) in [5, 5.41) is 42.9. The molecule has 1 heterocycles. The predicted octanol–water partition coefficient (Wildman–Crippen LogP) is -0.731. The summed E-state index contributed by atoms with van der Waals surface area (Å²) in [6.07, 6.45) is 0.638. The fourth-order valence-electron chi connectivity index (χ4n) is 1.34. The van der Waals surface area contributed by atoms with Crippen LogP contribution in [0.15, 0.2) is 6.33 Å². The van der Waals surface area contributed by atoms with Crippen molar-refractivity contribution in [1.82, 2.24) is 9.55 Å². The maximum Gasteiger partial charge on any atom is 0.754 e. The van der Waals surface area contributed by atoms with E-state index in [1.807, 2.05) is 0 Å². The molecule has 0 atom stereocenters. The average molecular weight is 276 g/mol. The highest BCUT2D eigenvalue weighted by atomic mass is 16.7. The Labute approximate surface area is 101 Å². The third kappa shape index (κ3) is 1.70. The first kappa shape index (κ1) is 13.9. The van der Waals surface area contributed by atoms with Gasteiger partial charge in [-0.05, 0) is 4.92 Å². The fraction of sp³-hybridized carbons (Fsp3) is 0.400. The summed E-state index contributed by atoms with van der Waals surface area (Å²) >= 11 is 0. The molecule has 1 aromatic heterocycles. The molecule has 0 aliphatic heterocycles. The van der Waals surface area contributed by atoms with E-state index in [-0.39, 0.29) is 0 Å². The van der Waals surface area contributed by atoms with Gasteiger partial charge in [-0.25, -0.2) is 4.57 Å². The molecule has 102 valence electrons. The Hall–Kier alpha value is -3.19. The smallest absolute Gasteiger partial charge is 0.358 e. The topological polar surface area (TPSA) is 190 Å². The summed E-state index contributed by atoms with van der Waals surface area (Å²) in [6, 6.07) is 0. The largest absolute Gasteiger partial charge is 0.754 e. The van der Waals surface area contributed by atoms with E-state index in [0.29, 0.717) is 10.9 Å². The summed E-state index contributed by atoms with van der Waals surface area (Å²) in [5.74, 6) is -5.32. The van der Waals surface area contributed by atoms with Gasteiger partial charge in [0.2, 0.25) is 0 Å². The van der Waals surface area contributed by atoms with Crippen LogP contribution in [0.4, 0.5) is 5.82 Å². The zero-order valence-electron chi connectivity index (χ0n) is 9.03. The van der Waals surface area contributed by atoms with Crippen LogP contribution in [-0.2, 0) is 12.8 Å². The minimum Gasteiger partial charge on any atom is -0.358 e. The highest BCUT2D eigenvalue weighted by molar-refractivity contribution is 5.29. The van der Waals surface area contributed by atoms with Crippen LogP contribution in [-0.4, -0.2) is 29.2 Å². The molecular weight excluding hydrogens is 272 g/mol. The van der Waals surface area contributed by atoms with Gasteiger partial charge in [-0.3, -0.25) is 30.3 Å². The number of aryl methyl sites for hydroxylation is 1. The number of hydrogen-bond donors (Lipinski definition) is 0. The van der Waals surface area contributed by atoms with E-state index in [2.05, 4.69) is 4.98 Å². The van der Waals surface area contributed by atoms with Crippen molar-refractivity contribution in [1.29, 1.82) is 0 Å². The average Bonchev–Trinajstić information content (AvgIpc) is 2.59. The second-order valence-electron chi connectivity index (χ2n) is 3.19. The molecule has 0 aliphatic carbocycles. The molecule has 14 heteroatoms. The van der Waals surface area contributed by atoms with Gasteiger partial charge in [-0.1, -0.05) is 0 Å². The maximum absolute atomic E-state index is 10.7. The van der Waals surface area contributed by atoms with Gasteiger partial charge in [-0.2, -0.15) is 4.98 Å². The number of aromatic nitrogens is 2. The van der Waals surface area contributed by atoms with Gasteiger partial charge < -0.3 is 10.1 Å². The summed E-state index contributed by atoms with van der Waals surface area (Å²) in [6.45, 7) is 0. The van der Waals surface area contributed by atoms with Crippen molar-refractivity contribution in [2.24, 2.45) is 7.05 Å². The number of rotatable bonds is 5. The third-order valence-corrected chi connectivity index (χ3v) is 2.16. The first-order valence-electron chi connectivity index (χ1n) is 4.27. The second-order valence-corrected chi connectivity index (χ2v) is 3.19. The van der Waals surface area contributed by atoms with E-state index in [4.69, 9.17) is 0 Å². The van der Waals surface area contributed by atoms with Gasteiger partial charge in [0, 0.05) is 0 Å². The Morgan fingerprint density at radius 2 is 1.47 bits per heavy atom. The fourth-order valence-corrected chi connectivity index (χ4v) is 1.34. The SMILES string of the molecule is Cn1cnc(C([N+](=O)[O-])([N+](=O)[O-])[N+](=O)[O-])c1[N+](=O)[O-]. The van der Waals surface area contributed by atoms with Gasteiger partial charge in [-0.15, -0.1) is 0 Å². The van der Waals surface area contributed by atoms with Crippen LogP contribution < -0.4 is 0 Å². The van der Waals surface area contributed by atoms with Crippen LogP contribution in [0.25, 0.3) is 0 Å². The minimum atomic E-state index is -4.12. The second kappa shape index (κ2) is 4.24. The Balaban J connectivity index is 3.79. The lowest BCUT2D eigenvalue weighted by Crippen LogP contribution is -2.50. The van der Waals surface area contributed by atoms with E-state index in [1.165, 1.54) is 0 Å². The molecule has 0 unspecified atom stereocenters. The van der Waals surface area contributed by atoms with Crippen molar-refractivity contribution < 1.29 is 19.7 Å². The van der Waals surface area contributed by atoms with Crippen molar-refractivity contribution in [3.63, 3.8) is 0 Å². The maximum atomic E-state index is 10.7. The summed E-state index contributed by atoms with van der Waals surface area (Å²) in [5.41, 5.74) is -1.47. The number of hydrogen-bond acceptors (Lipinski definition) is 9. The minimum absolute atomic E-state index is 0.598. The Kier molecular flexibility index (Phi) is 3.10. The van der Waals surface area contributed by atoms with E-state index in [9.17, 15) is 40.5 Å². The molecule has 0 saturated carbocycles. The molecule has 1 aromatic rings. The van der Waals surface area contributed by atoms with Crippen molar-refractivity contribution in [3.8, 4) is 0 Å². The van der Waals surface area contributed by atoms with Crippen molar-refractivity contribution in [2.75, 3.05) is 0 Å². The molecule has 19 heavy (non-hydrogen) atoms. The summed E-state index contributed by atoms with van der Waals surface area (Å²) < 4.78 is 0.598. The molecule has 0 spiro atoms. The van der Waals surface area contributed by atoms with E-state index >= 15 is 0 Å². The molecule has 14 nitrogen and oxygen atoms in total. The molecule has 1 rings (SSSR count). The summed E-state index contributed by atoms with van der Waals surface area (Å²) in [7, 11) is 1.01. The Morgan fingerprint density at radius 3 is 1.79 bits per heavy atom. The van der Waals surface area contributed by atoms with Crippen LogP contribution in [0, 0.1) is 40.5 Å². The van der Waals surface area contributed by atoms with Crippen LogP contribution in [0.1, 0.15) is 5.69 Å². The molecule has 0 fully saturated rings. The third-order valence-electron chi connectivity index (χ3n) is 2.16. The number of nitrogens with zero attached hydrogens (tertiary/aromatic N) is 6. The highest BCUT2D eigenvalue weighted by Gasteiger charge is 2.78. The van der Waals surface area contributed by atoms with Gasteiger partial charge in [0.15, 0.2) is 21.1 Å². The van der Waals surface area contributed by atoms with Gasteiger partial charge in [0.05, 0.1) is 7.05 Å². The monoisotopic (exact) mass is 276 g/mol. The quantitative estimate of drug-likeness (QED) is 0.378. The molecular formula is C5H4N6O8.